The van der Waals surface area contributed by atoms with Gasteiger partial charge in [-0.2, -0.15) is 70.6 Å². The zero-order chi connectivity index (χ0) is 82.2. The number of nitrogens with two attached hydrogens (primary N) is 3. The molecule has 10 aromatic rings. The Bertz CT molecular complexity index is 4530. The van der Waals surface area contributed by atoms with Crippen molar-refractivity contribution in [1.82, 2.24) is 19.9 Å². The van der Waals surface area contributed by atoms with Gasteiger partial charge in [0.15, 0.2) is 0 Å². The summed E-state index contributed by atoms with van der Waals surface area (Å²) < 4.78 is 8.30. The molecule has 1 amide bonds. The molecule has 0 bridgehead atoms. The van der Waals surface area contributed by atoms with Gasteiger partial charge in [0.25, 0.3) is 0 Å². The van der Waals surface area contributed by atoms with E-state index in [1.807, 2.05) is 214 Å². The molecule has 6 aliphatic rings. The van der Waals surface area contributed by atoms with E-state index in [-0.39, 0.29) is 0 Å². The van der Waals surface area contributed by atoms with Crippen LogP contribution in [0, 0.1) is 6.92 Å². The maximum absolute atomic E-state index is 12.3. The summed E-state index contributed by atoms with van der Waals surface area (Å²) >= 11 is 21.8. The van der Waals surface area contributed by atoms with Crippen molar-refractivity contribution in [3.8, 4) is 22.3 Å². The van der Waals surface area contributed by atoms with Crippen LogP contribution >= 0.6 is 118 Å². The Morgan fingerprint density at radius 3 is 1.29 bits per heavy atom. The zero-order valence-corrected chi connectivity index (χ0v) is 75.4. The normalized spacial score (nSPS) is 15.8. The Morgan fingerprint density at radius 2 is 0.896 bits per heavy atom. The van der Waals surface area contributed by atoms with Crippen LogP contribution in [0.25, 0.3) is 54.6 Å². The lowest BCUT2D eigenvalue weighted by atomic mass is 9.76. The number of pyridine rings is 4. The molecule has 0 atom stereocenters. The number of carbonyl (C=O) groups excluding carboxylic acids is 2. The number of benzene rings is 6. The second-order valence-electron chi connectivity index (χ2n) is 28.5. The summed E-state index contributed by atoms with van der Waals surface area (Å²) in [5.41, 5.74) is 19.8. The molecular weight excluding hydrogens is 1760 g/mol. The molecule has 0 aliphatic carbocycles. The minimum atomic E-state index is -1.40. The number of ketones is 1. The number of fused-ring (bicyclic) bond motifs is 3. The van der Waals surface area contributed by atoms with Gasteiger partial charge in [-0.1, -0.05) is 102 Å². The fourth-order valence-corrected chi connectivity index (χ4v) is 19.7. The highest BCUT2D eigenvalue weighted by atomic mass is 79.9. The molecule has 14 N–H and O–H groups in total. The largest absolute Gasteiger partial charge is 0.489 e. The van der Waals surface area contributed by atoms with E-state index in [4.69, 9.17) is 36.7 Å². The average Bonchev–Trinajstić information content (AvgIpc) is 0.795. The highest BCUT2D eigenvalue weighted by Crippen LogP contribution is 2.36. The van der Waals surface area contributed by atoms with Gasteiger partial charge in [-0.25, -0.2) is 30.6 Å². The van der Waals surface area contributed by atoms with Gasteiger partial charge in [0.2, 0.25) is 0 Å². The highest BCUT2D eigenvalue weighted by Gasteiger charge is 2.21. The van der Waals surface area contributed by atoms with Crippen LogP contribution in [0.4, 0.5) is 33.6 Å². The van der Waals surface area contributed by atoms with Gasteiger partial charge in [-0.05, 0) is 302 Å². The molecule has 6 aromatic carbocycles. The van der Waals surface area contributed by atoms with Gasteiger partial charge in [0, 0.05) is 110 Å². The van der Waals surface area contributed by atoms with Gasteiger partial charge < -0.3 is 52.6 Å². The number of aromatic nitrogens is 4. The Balaban J connectivity index is 0.000000174. The highest BCUT2D eigenvalue weighted by molar-refractivity contribution is 9.11. The van der Waals surface area contributed by atoms with Crippen LogP contribution in [0.3, 0.4) is 0 Å². The molecule has 4 aromatic heterocycles. The number of halogens is 3. The van der Waals surface area contributed by atoms with Crippen molar-refractivity contribution in [2.24, 2.45) is 16.8 Å². The number of amides is 1. The molecule has 16 rings (SSSR count). The molecule has 6 saturated heterocycles. The SMILES string of the molecule is Brc1ccc(Br)nc1.Brc1ccc(NC2CCSCC2)nc1.CC(C)(C)OC(=O)Nc1ccc(-c2ccc(NC3CCSCC3)nc2)c2ccccc12.Cc1ccc(B(O)O)c2ccccc12.NC1CCSCC1.NO.Nc1ccc(-c2ccc(NC3CCSCC3)nc2)c2ccccc12.O=C1CCSCC1.ON=C1CCSCC1. The van der Waals surface area contributed by atoms with Crippen LogP contribution in [0.5, 0.6) is 0 Å². The summed E-state index contributed by atoms with van der Waals surface area (Å²) in [5.74, 6) is 21.2. The van der Waals surface area contributed by atoms with Crippen LogP contribution in [0.15, 0.2) is 201 Å². The Labute approximate surface area is 729 Å². The number of nitrogens with zero attached hydrogens (tertiary/aromatic N) is 5. The lowest BCUT2D eigenvalue weighted by Crippen LogP contribution is -2.30. The van der Waals surface area contributed by atoms with Crippen LogP contribution in [0.1, 0.15) is 103 Å². The second-order valence-corrected chi connectivity index (χ2v) is 38.5. The summed E-state index contributed by atoms with van der Waals surface area (Å²) in [6, 6.07) is 54.1. The standard InChI is InChI=1S/C25H29N3O2S.C20H21N3S.C11H11BO2.C10H13BrN2S.C5H3Br2N.C5H9NOS.C5H11NS.C5H8OS.H3NO/c1-25(2,3)30-24(29)28-22-10-9-19(20-6-4-5-7-21(20)22)17-8-11-23(26-16-17)27-18-12-14-31-15-13-18;21-19-7-6-16(17-3-1-2-4-18(17)19)14-5-8-20(22-13-14)23-15-9-11-24-12-10-15;1-8-6-7-11(12(13)14)10-5-3-2-4-9(8)10;11-8-1-2-10(12-7-8)13-9-3-5-14-6-4-9;6-4-1-2-5(7)8-3-4;7-6-5-1-3-8-4-2-5;2*6-5-1-3-7-4-2-5;1-2/h4-11,16,18H,12-15H2,1-3H3,(H,26,27)(H,28,29);1-8,13,15H,9-12,21H2,(H,22,23);2-7,13-14H,1H3;1-2,7,9H,3-6H2,(H,12,13);1-3H;7H,1-4H2;5H,1-4,6H2;1-4H2;2H,1H2. The summed E-state index contributed by atoms with van der Waals surface area (Å²) in [6.45, 7) is 7.57. The van der Waals surface area contributed by atoms with Gasteiger partial charge in [-0.3, -0.25) is 10.1 Å². The van der Waals surface area contributed by atoms with Crippen molar-refractivity contribution in [3.63, 3.8) is 0 Å². The van der Waals surface area contributed by atoms with Crippen LogP contribution < -0.4 is 44.1 Å². The third-order valence-electron chi connectivity index (χ3n) is 18.8. The number of hydrogen-bond donors (Lipinski definition) is 11. The third-order valence-corrected chi connectivity index (χ3v) is 26.4. The van der Waals surface area contributed by atoms with Crippen molar-refractivity contribution >= 4 is 210 Å². The zero-order valence-electron chi connectivity index (χ0n) is 65.7. The van der Waals surface area contributed by atoms with Crippen molar-refractivity contribution in [3.05, 3.63) is 202 Å². The lowest BCUT2D eigenvalue weighted by Gasteiger charge is -2.23. The molecule has 0 unspecified atom stereocenters. The number of nitrogen functional groups attached to an aromatic ring is 1. The number of aryl methyl sites for hydroxylation is 1. The average molecular weight is 1860 g/mol. The number of anilines is 5. The maximum atomic E-state index is 12.3. The van der Waals surface area contributed by atoms with Gasteiger partial charge >= 0.3 is 13.2 Å². The van der Waals surface area contributed by atoms with Crippen molar-refractivity contribution in [2.75, 3.05) is 96.0 Å². The van der Waals surface area contributed by atoms with Crippen LogP contribution in [-0.2, 0) is 9.53 Å². The number of ether oxygens (including phenoxy) is 1. The molecule has 0 radical (unpaired) electrons. The first-order valence-corrected chi connectivity index (χ1v) is 48.0. The van der Waals surface area contributed by atoms with E-state index in [1.165, 1.54) is 108 Å². The predicted molar refractivity (Wildman–Crippen MR) is 508 cm³/mol. The Morgan fingerprint density at radius 1 is 0.487 bits per heavy atom. The fourth-order valence-electron chi connectivity index (χ4n) is 12.6. The number of nitrogens with one attached hydrogen (secondary N) is 4. The Hall–Kier alpha value is -6.29. The smallest absolute Gasteiger partial charge is 0.444 e. The predicted octanol–water partition coefficient (Wildman–Crippen LogP) is 20.5. The summed E-state index contributed by atoms with van der Waals surface area (Å²) in [5, 5.41) is 56.0. The van der Waals surface area contributed by atoms with E-state index in [9.17, 15) is 9.59 Å². The first kappa shape index (κ1) is 94.2. The maximum Gasteiger partial charge on any atom is 0.489 e. The van der Waals surface area contributed by atoms with Crippen molar-refractivity contribution < 1.29 is 34.8 Å². The molecule has 10 heterocycles. The van der Waals surface area contributed by atoms with E-state index >= 15 is 0 Å². The lowest BCUT2D eigenvalue weighted by molar-refractivity contribution is -0.118. The van der Waals surface area contributed by atoms with E-state index in [0.29, 0.717) is 35.4 Å². The van der Waals surface area contributed by atoms with E-state index in [2.05, 4.69) is 155 Å². The van der Waals surface area contributed by atoms with Gasteiger partial charge in [0.1, 0.15) is 33.4 Å². The fraction of sp³-hybridized carbons (Fsp3) is 0.384. The minimum absolute atomic E-state index is 0.443. The van der Waals surface area contributed by atoms with Crippen LogP contribution in [-0.4, -0.2) is 164 Å². The minimum Gasteiger partial charge on any atom is -0.444 e. The third kappa shape index (κ3) is 33.8. The van der Waals surface area contributed by atoms with Crippen molar-refractivity contribution in [1.29, 1.82) is 0 Å². The molecule has 29 heteroatoms. The second kappa shape index (κ2) is 51.9. The number of rotatable bonds is 10. The number of thioether (sulfide) groups is 6. The molecule has 6 fully saturated rings. The first-order chi connectivity index (χ1) is 55.7. The van der Waals surface area contributed by atoms with E-state index < -0.39 is 18.8 Å². The number of carbonyl (C=O) groups is 2. The van der Waals surface area contributed by atoms with Gasteiger partial charge in [0.05, 0.1) is 11.4 Å². The summed E-state index contributed by atoms with van der Waals surface area (Å²) in [6.07, 6.45) is 20.3. The molecule has 0 spiro atoms. The molecule has 19 nitrogen and oxygen atoms in total. The Kier molecular flexibility index (Phi) is 42.5. The number of hydrogen-bond acceptors (Lipinski definition) is 24. The van der Waals surface area contributed by atoms with Crippen molar-refractivity contribution in [2.45, 2.75) is 135 Å². The quantitative estimate of drug-likeness (QED) is 0.0199. The van der Waals surface area contributed by atoms with E-state index in [0.717, 1.165) is 146 Å². The summed E-state index contributed by atoms with van der Waals surface area (Å²) in [7, 11) is -1.40. The van der Waals surface area contributed by atoms with Crippen LogP contribution in [0.2, 0.25) is 0 Å². The number of oxime groups is 1. The molecule has 6 aliphatic heterocycles. The molecule has 115 heavy (non-hydrogen) atoms. The molecule has 614 valence electrons. The molecule has 0 saturated carbocycles. The van der Waals surface area contributed by atoms with E-state index in [1.54, 1.807) is 12.3 Å². The molecular formula is C86H108BBr3N12O7S6. The first-order valence-electron chi connectivity index (χ1n) is 38.7. The monoisotopic (exact) mass is 1860 g/mol. The van der Waals surface area contributed by atoms with Gasteiger partial charge in [-0.15, -0.1) is 0 Å². The number of Topliss-reactive ketones (excluding diaryl/α,β-unsaturated/α-hetero) is 1. The summed E-state index contributed by atoms with van der Waals surface area (Å²) in [4.78, 5) is 40.3. The topological polar surface area (TPSA) is 314 Å².